The highest BCUT2D eigenvalue weighted by molar-refractivity contribution is 7.92. The van der Waals surface area contributed by atoms with E-state index in [4.69, 9.17) is 22.1 Å². The van der Waals surface area contributed by atoms with Crippen molar-refractivity contribution < 1.29 is 17.9 Å². The van der Waals surface area contributed by atoms with Crippen LogP contribution in [0.3, 0.4) is 0 Å². The van der Waals surface area contributed by atoms with Crippen LogP contribution in [0, 0.1) is 0 Å². The second-order valence-corrected chi connectivity index (χ2v) is 9.25. The van der Waals surface area contributed by atoms with Gasteiger partial charge in [-0.05, 0) is 51.5 Å². The van der Waals surface area contributed by atoms with Crippen molar-refractivity contribution in [2.24, 2.45) is 5.73 Å². The fraction of sp³-hybridized carbons (Fsp3) is 0.533. The maximum Gasteiger partial charge on any atom is 0.408 e. The number of ether oxygens (including phenoxy) is 1. The summed E-state index contributed by atoms with van der Waals surface area (Å²) in [5, 5.41) is 2.31. The van der Waals surface area contributed by atoms with E-state index in [2.05, 4.69) is 5.32 Å². The minimum atomic E-state index is -3.60. The molecular formula is C15H21ClN2O4S. The van der Waals surface area contributed by atoms with Crippen LogP contribution in [-0.4, -0.2) is 37.4 Å². The third kappa shape index (κ3) is 3.97. The van der Waals surface area contributed by atoms with E-state index in [1.165, 1.54) is 24.3 Å². The summed E-state index contributed by atoms with van der Waals surface area (Å²) in [6.07, 6.45) is -0.412. The Morgan fingerprint density at radius 3 is 2.43 bits per heavy atom. The molecule has 1 amide bonds. The molecule has 3 N–H and O–H groups in total. The first-order valence-electron chi connectivity index (χ1n) is 7.21. The molecule has 1 aromatic carbocycles. The van der Waals surface area contributed by atoms with Crippen LogP contribution in [0.5, 0.6) is 0 Å². The Labute approximate surface area is 141 Å². The van der Waals surface area contributed by atoms with Gasteiger partial charge in [0, 0.05) is 11.6 Å². The van der Waals surface area contributed by atoms with Crippen LogP contribution >= 0.6 is 11.6 Å². The normalized spacial score (nSPS) is 24.1. The van der Waals surface area contributed by atoms with Crippen LogP contribution in [-0.2, 0) is 14.6 Å². The van der Waals surface area contributed by atoms with Crippen molar-refractivity contribution >= 4 is 27.5 Å². The quantitative estimate of drug-likeness (QED) is 0.856. The number of nitrogens with two attached hydrogens (primary N) is 1. The molecule has 0 radical (unpaired) electrons. The van der Waals surface area contributed by atoms with Crippen LogP contribution in [0.2, 0.25) is 5.02 Å². The Morgan fingerprint density at radius 1 is 1.39 bits per heavy atom. The molecule has 1 aromatic rings. The van der Waals surface area contributed by atoms with E-state index in [0.29, 0.717) is 5.02 Å². The van der Waals surface area contributed by atoms with Crippen LogP contribution in [0.1, 0.15) is 27.2 Å². The smallest absolute Gasteiger partial charge is 0.408 e. The number of carbonyl (C=O) groups is 1. The van der Waals surface area contributed by atoms with Gasteiger partial charge in [-0.25, -0.2) is 13.2 Å². The largest absolute Gasteiger partial charge is 0.444 e. The summed E-state index contributed by atoms with van der Waals surface area (Å²) in [7, 11) is -3.60. The molecule has 0 bridgehead atoms. The fourth-order valence-corrected chi connectivity index (χ4v) is 4.61. The molecule has 0 aliphatic heterocycles. The molecule has 1 saturated carbocycles. The maximum atomic E-state index is 12.7. The molecule has 0 aromatic heterocycles. The molecule has 1 aliphatic carbocycles. The summed E-state index contributed by atoms with van der Waals surface area (Å²) in [6, 6.07) is 5.93. The van der Waals surface area contributed by atoms with E-state index in [0.717, 1.165) is 0 Å². The molecule has 2 atom stereocenters. The Hall–Kier alpha value is -1.31. The number of halogens is 1. The number of carbonyl (C=O) groups excluding carboxylic acids is 1. The minimum absolute atomic E-state index is 0.0176. The zero-order valence-electron chi connectivity index (χ0n) is 13.3. The number of hydrogen-bond donors (Lipinski definition) is 2. The summed E-state index contributed by atoms with van der Waals surface area (Å²) in [6.45, 7) is 5.22. The van der Waals surface area contributed by atoms with E-state index in [9.17, 15) is 13.2 Å². The molecule has 128 valence electrons. The highest BCUT2D eigenvalue weighted by atomic mass is 35.5. The first-order valence-corrected chi connectivity index (χ1v) is 9.13. The van der Waals surface area contributed by atoms with Gasteiger partial charge in [0.1, 0.15) is 5.60 Å². The van der Waals surface area contributed by atoms with Gasteiger partial charge in [0.05, 0.1) is 15.7 Å². The first kappa shape index (κ1) is 18.0. The molecule has 0 saturated heterocycles. The highest BCUT2D eigenvalue weighted by Gasteiger charge is 2.62. The van der Waals surface area contributed by atoms with Gasteiger partial charge in [0.15, 0.2) is 9.84 Å². The number of rotatable bonds is 4. The van der Waals surface area contributed by atoms with Gasteiger partial charge < -0.3 is 15.8 Å². The van der Waals surface area contributed by atoms with Gasteiger partial charge in [-0.15, -0.1) is 0 Å². The predicted octanol–water partition coefficient (Wildman–Crippen LogP) is 2.11. The summed E-state index contributed by atoms with van der Waals surface area (Å²) in [5.74, 6) is 0. The average Bonchev–Trinajstić information content (AvgIpc) is 3.12. The van der Waals surface area contributed by atoms with Crippen molar-refractivity contribution in [3.05, 3.63) is 29.3 Å². The number of benzene rings is 1. The third-order valence-corrected chi connectivity index (χ3v) is 6.18. The van der Waals surface area contributed by atoms with Crippen LogP contribution < -0.4 is 11.1 Å². The third-order valence-electron chi connectivity index (χ3n) is 3.64. The van der Waals surface area contributed by atoms with Gasteiger partial charge in [-0.1, -0.05) is 11.6 Å². The van der Waals surface area contributed by atoms with Crippen molar-refractivity contribution in [3.63, 3.8) is 0 Å². The Balaban J connectivity index is 2.16. The monoisotopic (exact) mass is 360 g/mol. The maximum absolute atomic E-state index is 12.7. The molecule has 8 heteroatoms. The number of amides is 1. The SMILES string of the molecule is CC(C)(C)OC(=O)N[C@@]1(CN)C[C@@H]1S(=O)(=O)c1ccc(Cl)cc1. The van der Waals surface area contributed by atoms with Gasteiger partial charge in [0.2, 0.25) is 0 Å². The Kier molecular flexibility index (Phi) is 4.67. The lowest BCUT2D eigenvalue weighted by molar-refractivity contribution is 0.0499. The van der Waals surface area contributed by atoms with Crippen molar-refractivity contribution in [1.29, 1.82) is 0 Å². The summed E-state index contributed by atoms with van der Waals surface area (Å²) in [5.41, 5.74) is 4.06. The zero-order valence-corrected chi connectivity index (χ0v) is 14.9. The predicted molar refractivity (Wildman–Crippen MR) is 88.2 cm³/mol. The molecular weight excluding hydrogens is 340 g/mol. The van der Waals surface area contributed by atoms with Gasteiger partial charge >= 0.3 is 6.09 Å². The average molecular weight is 361 g/mol. The molecule has 0 heterocycles. The minimum Gasteiger partial charge on any atom is -0.444 e. The fourth-order valence-electron chi connectivity index (χ4n) is 2.37. The zero-order chi connectivity index (χ0) is 17.5. The van der Waals surface area contributed by atoms with Crippen molar-refractivity contribution in [2.45, 2.75) is 48.5 Å². The molecule has 1 aliphatic rings. The van der Waals surface area contributed by atoms with Crippen molar-refractivity contribution in [1.82, 2.24) is 5.32 Å². The van der Waals surface area contributed by atoms with Crippen molar-refractivity contribution in [3.8, 4) is 0 Å². The topological polar surface area (TPSA) is 98.5 Å². The van der Waals surface area contributed by atoms with Crippen LogP contribution in [0.4, 0.5) is 4.79 Å². The second-order valence-electron chi connectivity index (χ2n) is 6.68. The molecule has 0 spiro atoms. The molecule has 0 unspecified atom stereocenters. The summed E-state index contributed by atoms with van der Waals surface area (Å²) in [4.78, 5) is 12.1. The molecule has 1 fully saturated rings. The van der Waals surface area contributed by atoms with E-state index in [1.807, 2.05) is 0 Å². The highest BCUT2D eigenvalue weighted by Crippen LogP contribution is 2.44. The number of hydrogen-bond acceptors (Lipinski definition) is 5. The number of alkyl carbamates (subject to hydrolysis) is 1. The number of nitrogens with one attached hydrogen (secondary N) is 1. The van der Waals surface area contributed by atoms with Crippen LogP contribution in [0.15, 0.2) is 29.2 Å². The van der Waals surface area contributed by atoms with Crippen LogP contribution in [0.25, 0.3) is 0 Å². The van der Waals surface area contributed by atoms with Gasteiger partial charge in [-0.2, -0.15) is 0 Å². The summed E-state index contributed by atoms with van der Waals surface area (Å²) < 4.78 is 30.5. The first-order chi connectivity index (χ1) is 10.5. The number of sulfone groups is 1. The van der Waals surface area contributed by atoms with Gasteiger partial charge in [0.25, 0.3) is 0 Å². The van der Waals surface area contributed by atoms with E-state index in [1.54, 1.807) is 20.8 Å². The molecule has 6 nitrogen and oxygen atoms in total. The molecule has 23 heavy (non-hydrogen) atoms. The van der Waals surface area contributed by atoms with Crippen molar-refractivity contribution in [2.75, 3.05) is 6.54 Å². The Morgan fingerprint density at radius 2 is 1.96 bits per heavy atom. The second kappa shape index (κ2) is 5.96. The van der Waals surface area contributed by atoms with E-state index < -0.39 is 32.3 Å². The van der Waals surface area contributed by atoms with Gasteiger partial charge in [-0.3, -0.25) is 0 Å². The lowest BCUT2D eigenvalue weighted by atomic mass is 10.2. The standard InChI is InChI=1S/C15H21ClN2O4S/c1-14(2,3)22-13(19)18-15(9-17)8-12(15)23(20,21)11-6-4-10(16)5-7-11/h4-7,12H,8-9,17H2,1-3H3,(H,18,19)/t12-,15+/m0/s1. The summed E-state index contributed by atoms with van der Waals surface area (Å²) >= 11 is 5.78. The Bertz CT molecular complexity index is 697. The van der Waals surface area contributed by atoms with E-state index in [-0.39, 0.29) is 17.9 Å². The van der Waals surface area contributed by atoms with E-state index >= 15 is 0 Å². The lowest BCUT2D eigenvalue weighted by Crippen LogP contribution is -2.48. The lowest BCUT2D eigenvalue weighted by Gasteiger charge is -2.23. The molecule has 2 rings (SSSR count).